The smallest absolute Gasteiger partial charge is 0.0175 e. The van der Waals surface area contributed by atoms with Crippen molar-refractivity contribution in [2.24, 2.45) is 11.8 Å². The zero-order chi connectivity index (χ0) is 11.8. The quantitative estimate of drug-likeness (QED) is 0.445. The molecule has 2 atom stereocenters. The Morgan fingerprint density at radius 3 is 1.41 bits per heavy atom. The van der Waals surface area contributed by atoms with E-state index < -0.39 is 0 Å². The Hall–Kier alpha value is 0.860. The summed E-state index contributed by atoms with van der Waals surface area (Å²) < 4.78 is 0. The highest BCUT2D eigenvalue weighted by molar-refractivity contribution is 7.56. The lowest BCUT2D eigenvalue weighted by molar-refractivity contribution is 0.389. The van der Waals surface area contributed by atoms with Crippen LogP contribution >= 0.6 is 17.2 Å². The molecule has 0 heterocycles. The monoisotopic (exact) mass is 272 g/mol. The molecule has 17 heavy (non-hydrogen) atoms. The number of rotatable bonds is 6. The van der Waals surface area contributed by atoms with Crippen LogP contribution in [0.15, 0.2) is 0 Å². The predicted octanol–water partition coefficient (Wildman–Crippen LogP) is 5.46. The van der Waals surface area contributed by atoms with Crippen molar-refractivity contribution in [3.05, 3.63) is 0 Å². The van der Waals surface area contributed by atoms with Crippen LogP contribution in [0.1, 0.15) is 64.2 Å². The molecular weight excluding hydrogens is 242 g/mol. The molecule has 0 nitrogen and oxygen atoms in total. The van der Waals surface area contributed by atoms with Gasteiger partial charge in [0.2, 0.25) is 0 Å². The Bertz CT molecular complexity index is 161. The SMILES string of the molecule is C1CCC(CPCPCC2CCCCC2)CC1. The van der Waals surface area contributed by atoms with Crippen LogP contribution in [0.4, 0.5) is 0 Å². The summed E-state index contributed by atoms with van der Waals surface area (Å²) in [6, 6.07) is 0. The summed E-state index contributed by atoms with van der Waals surface area (Å²) in [4.78, 5) is 0. The van der Waals surface area contributed by atoms with E-state index in [4.69, 9.17) is 0 Å². The molecule has 2 rings (SSSR count). The van der Waals surface area contributed by atoms with Gasteiger partial charge >= 0.3 is 0 Å². The second-order valence-electron chi connectivity index (χ2n) is 6.09. The highest BCUT2D eigenvalue weighted by Crippen LogP contribution is 2.35. The van der Waals surface area contributed by atoms with Gasteiger partial charge in [-0.2, -0.15) is 0 Å². The van der Waals surface area contributed by atoms with E-state index in [-0.39, 0.29) is 0 Å². The summed E-state index contributed by atoms with van der Waals surface area (Å²) in [6.45, 7) is 0. The predicted molar refractivity (Wildman–Crippen MR) is 84.4 cm³/mol. The van der Waals surface area contributed by atoms with Gasteiger partial charge in [-0.15, -0.1) is 17.2 Å². The Labute approximate surface area is 112 Å². The fourth-order valence-electron chi connectivity index (χ4n) is 3.42. The zero-order valence-corrected chi connectivity index (χ0v) is 13.3. The van der Waals surface area contributed by atoms with Crippen LogP contribution in [0, 0.1) is 11.8 Å². The van der Waals surface area contributed by atoms with Crippen molar-refractivity contribution in [3.63, 3.8) is 0 Å². The average molecular weight is 272 g/mol. The van der Waals surface area contributed by atoms with Gasteiger partial charge in [-0.05, 0) is 30.1 Å². The fourth-order valence-corrected chi connectivity index (χ4v) is 6.92. The second-order valence-corrected chi connectivity index (χ2v) is 9.32. The topological polar surface area (TPSA) is 0 Å². The van der Waals surface area contributed by atoms with E-state index in [1.54, 1.807) is 43.9 Å². The molecule has 2 unspecified atom stereocenters. The van der Waals surface area contributed by atoms with Crippen molar-refractivity contribution < 1.29 is 0 Å². The van der Waals surface area contributed by atoms with Gasteiger partial charge in [-0.1, -0.05) is 64.2 Å². The maximum absolute atomic E-state index is 1.58. The molecule has 0 radical (unpaired) electrons. The highest BCUT2D eigenvalue weighted by Gasteiger charge is 2.14. The first-order valence-corrected chi connectivity index (χ1v) is 10.7. The Balaban J connectivity index is 1.42. The largest absolute Gasteiger partial charge is 0.118 e. The summed E-state index contributed by atoms with van der Waals surface area (Å²) in [7, 11) is 2.59. The molecule has 0 aliphatic heterocycles. The summed E-state index contributed by atoms with van der Waals surface area (Å²) >= 11 is 0. The van der Waals surface area contributed by atoms with Gasteiger partial charge < -0.3 is 0 Å². The van der Waals surface area contributed by atoms with E-state index in [1.807, 2.05) is 0 Å². The molecule has 2 fully saturated rings. The Morgan fingerprint density at radius 2 is 1.00 bits per heavy atom. The van der Waals surface area contributed by atoms with E-state index in [9.17, 15) is 0 Å². The first-order valence-electron chi connectivity index (χ1n) is 7.86. The van der Waals surface area contributed by atoms with Crippen molar-refractivity contribution in [3.8, 4) is 0 Å². The summed E-state index contributed by atoms with van der Waals surface area (Å²) in [5.74, 6) is 3.83. The lowest BCUT2D eigenvalue weighted by Gasteiger charge is -2.22. The van der Waals surface area contributed by atoms with E-state index in [2.05, 4.69) is 0 Å². The number of hydrogen-bond donors (Lipinski definition) is 0. The van der Waals surface area contributed by atoms with E-state index >= 15 is 0 Å². The van der Waals surface area contributed by atoms with Crippen LogP contribution in [0.5, 0.6) is 0 Å². The van der Waals surface area contributed by atoms with Crippen LogP contribution in [0.25, 0.3) is 0 Å². The van der Waals surface area contributed by atoms with Gasteiger partial charge in [0, 0.05) is 0 Å². The van der Waals surface area contributed by atoms with Crippen molar-refractivity contribution in [2.45, 2.75) is 64.2 Å². The molecule has 2 saturated carbocycles. The summed E-state index contributed by atoms with van der Waals surface area (Å²) in [5, 5.41) is 0. The molecular formula is C15H30P2. The third-order valence-corrected chi connectivity index (χ3v) is 8.30. The molecule has 0 spiro atoms. The minimum Gasteiger partial charge on any atom is -0.118 e. The van der Waals surface area contributed by atoms with Crippen LogP contribution in [0.3, 0.4) is 0 Å². The summed E-state index contributed by atoms with van der Waals surface area (Å²) in [5.41, 5.74) is 0. The third kappa shape index (κ3) is 6.02. The standard InChI is InChI=1S/C15H30P2/c1-3-7-14(8-4-1)11-16-13-17-12-15-9-5-2-6-10-15/h14-17H,1-13H2. The Morgan fingerprint density at radius 1 is 0.588 bits per heavy atom. The first kappa shape index (κ1) is 14.3. The van der Waals surface area contributed by atoms with E-state index in [1.165, 1.54) is 55.7 Å². The van der Waals surface area contributed by atoms with Crippen LogP contribution in [0.2, 0.25) is 0 Å². The van der Waals surface area contributed by atoms with Gasteiger partial charge in [0.05, 0.1) is 0 Å². The molecule has 2 aliphatic carbocycles. The van der Waals surface area contributed by atoms with Crippen molar-refractivity contribution in [1.82, 2.24) is 0 Å². The highest BCUT2D eigenvalue weighted by atomic mass is 31.1. The lowest BCUT2D eigenvalue weighted by atomic mass is 9.91. The fraction of sp³-hybridized carbons (Fsp3) is 1.00. The third-order valence-electron chi connectivity index (χ3n) is 4.57. The minimum absolute atomic E-state index is 1.13. The van der Waals surface area contributed by atoms with Crippen molar-refractivity contribution in [2.75, 3.05) is 18.2 Å². The van der Waals surface area contributed by atoms with Crippen LogP contribution in [-0.2, 0) is 0 Å². The van der Waals surface area contributed by atoms with E-state index in [0.29, 0.717) is 0 Å². The zero-order valence-electron chi connectivity index (χ0n) is 11.3. The first-order chi connectivity index (χ1) is 8.45. The molecule has 0 aromatic heterocycles. The van der Waals surface area contributed by atoms with Gasteiger partial charge in [-0.3, -0.25) is 0 Å². The summed E-state index contributed by atoms with van der Waals surface area (Å²) in [6.07, 6.45) is 18.5. The molecule has 0 aromatic rings. The van der Waals surface area contributed by atoms with Gasteiger partial charge in [0.25, 0.3) is 0 Å². The second kappa shape index (κ2) is 8.87. The molecule has 0 N–H and O–H groups in total. The maximum Gasteiger partial charge on any atom is -0.0175 e. The van der Waals surface area contributed by atoms with Gasteiger partial charge in [0.15, 0.2) is 0 Å². The van der Waals surface area contributed by atoms with E-state index in [0.717, 1.165) is 11.8 Å². The van der Waals surface area contributed by atoms with Crippen LogP contribution in [-0.4, -0.2) is 18.2 Å². The molecule has 0 amide bonds. The maximum atomic E-state index is 1.58. The average Bonchev–Trinajstić information content (AvgIpc) is 2.41. The van der Waals surface area contributed by atoms with Crippen molar-refractivity contribution >= 4 is 17.2 Å². The Kier molecular flexibility index (Phi) is 7.45. The van der Waals surface area contributed by atoms with Gasteiger partial charge in [0.1, 0.15) is 0 Å². The molecule has 2 aliphatic rings. The minimum atomic E-state index is 1.13. The number of hydrogen-bond acceptors (Lipinski definition) is 0. The molecule has 2 heteroatoms. The molecule has 100 valence electrons. The van der Waals surface area contributed by atoms with Crippen molar-refractivity contribution in [1.29, 1.82) is 0 Å². The molecule has 0 aromatic carbocycles. The van der Waals surface area contributed by atoms with Crippen LogP contribution < -0.4 is 0 Å². The lowest BCUT2D eigenvalue weighted by Crippen LogP contribution is -2.09. The molecule has 0 bridgehead atoms. The molecule has 0 saturated heterocycles. The normalized spacial score (nSPS) is 25.4. The van der Waals surface area contributed by atoms with Gasteiger partial charge in [-0.25, -0.2) is 0 Å².